The van der Waals surface area contributed by atoms with E-state index in [9.17, 15) is 4.79 Å². The minimum absolute atomic E-state index is 0.0517. The van der Waals surface area contributed by atoms with E-state index in [-0.39, 0.29) is 18.0 Å². The molecule has 0 aliphatic carbocycles. The molecule has 1 aliphatic heterocycles. The first kappa shape index (κ1) is 21.1. The minimum Gasteiger partial charge on any atom is -0.361 e. The number of carbonyl (C=O) groups is 1. The number of aromatic nitrogens is 3. The van der Waals surface area contributed by atoms with Gasteiger partial charge >= 0.3 is 6.03 Å². The third-order valence-corrected chi connectivity index (χ3v) is 5.48. The smallest absolute Gasteiger partial charge is 0.319 e. The molecule has 0 unspecified atom stereocenters. The topological polar surface area (TPSA) is 78.6 Å². The number of nitrogens with zero attached hydrogens (tertiary/aromatic N) is 6. The Bertz CT molecular complexity index is 885. The lowest BCUT2D eigenvalue weighted by atomic mass is 10.0. The van der Waals surface area contributed by atoms with E-state index in [1.54, 1.807) is 19.0 Å². The van der Waals surface area contributed by atoms with Crippen molar-refractivity contribution in [1.29, 1.82) is 0 Å². The number of piperazine rings is 1. The van der Waals surface area contributed by atoms with Gasteiger partial charge in [0.05, 0.1) is 17.0 Å². The van der Waals surface area contributed by atoms with Crippen LogP contribution in [0.4, 0.5) is 10.6 Å². The van der Waals surface area contributed by atoms with Crippen molar-refractivity contribution >= 4 is 11.8 Å². The lowest BCUT2D eigenvalue weighted by molar-refractivity contribution is 0.146. The number of amides is 2. The van der Waals surface area contributed by atoms with Gasteiger partial charge < -0.3 is 19.2 Å². The second-order valence-electron chi connectivity index (χ2n) is 8.40. The van der Waals surface area contributed by atoms with Crippen molar-refractivity contribution in [2.24, 2.45) is 0 Å². The summed E-state index contributed by atoms with van der Waals surface area (Å²) >= 11 is 0. The Morgan fingerprint density at radius 3 is 2.38 bits per heavy atom. The fourth-order valence-electron chi connectivity index (χ4n) is 3.84. The highest BCUT2D eigenvalue weighted by atomic mass is 16.5. The van der Waals surface area contributed by atoms with Gasteiger partial charge in [-0.15, -0.1) is 0 Å². The highest BCUT2D eigenvalue weighted by Gasteiger charge is 2.31. The van der Waals surface area contributed by atoms with Gasteiger partial charge in [-0.1, -0.05) is 19.0 Å². The number of carbonyl (C=O) groups excluding carboxylic acids is 1. The minimum atomic E-state index is 0.0517. The summed E-state index contributed by atoms with van der Waals surface area (Å²) in [6.07, 6.45) is 0. The summed E-state index contributed by atoms with van der Waals surface area (Å²) in [7, 11) is 3.58. The molecule has 0 spiro atoms. The van der Waals surface area contributed by atoms with Crippen LogP contribution in [0.3, 0.4) is 0 Å². The van der Waals surface area contributed by atoms with Gasteiger partial charge in [-0.05, 0) is 27.7 Å². The molecule has 0 saturated carbocycles. The van der Waals surface area contributed by atoms with Crippen LogP contribution in [0.15, 0.2) is 4.52 Å². The summed E-state index contributed by atoms with van der Waals surface area (Å²) in [5.74, 6) is 2.70. The first-order chi connectivity index (χ1) is 13.6. The van der Waals surface area contributed by atoms with E-state index in [2.05, 4.69) is 37.8 Å². The molecule has 1 atom stereocenters. The molecule has 2 aromatic rings. The zero-order chi connectivity index (χ0) is 21.5. The number of hydrogen-bond acceptors (Lipinski definition) is 6. The fraction of sp³-hybridized carbons (Fsp3) is 0.619. The third-order valence-electron chi connectivity index (χ3n) is 5.48. The van der Waals surface area contributed by atoms with Crippen molar-refractivity contribution in [2.75, 3.05) is 38.6 Å². The summed E-state index contributed by atoms with van der Waals surface area (Å²) in [6.45, 7) is 14.3. The van der Waals surface area contributed by atoms with Crippen LogP contribution in [0.2, 0.25) is 0 Å². The summed E-state index contributed by atoms with van der Waals surface area (Å²) in [4.78, 5) is 28.0. The van der Waals surface area contributed by atoms with Crippen LogP contribution in [-0.4, -0.2) is 70.7 Å². The molecule has 0 bridgehead atoms. The molecular formula is C21H32N6O2. The van der Waals surface area contributed by atoms with E-state index in [4.69, 9.17) is 14.5 Å². The lowest BCUT2D eigenvalue weighted by Gasteiger charge is -2.41. The third kappa shape index (κ3) is 3.93. The molecule has 158 valence electrons. The van der Waals surface area contributed by atoms with E-state index < -0.39 is 0 Å². The Morgan fingerprint density at radius 2 is 1.86 bits per heavy atom. The Morgan fingerprint density at radius 1 is 1.17 bits per heavy atom. The maximum absolute atomic E-state index is 12.4. The average Bonchev–Trinajstić information content (AvgIpc) is 2.99. The maximum Gasteiger partial charge on any atom is 0.319 e. The van der Waals surface area contributed by atoms with Gasteiger partial charge in [0.2, 0.25) is 0 Å². The zero-order valence-corrected chi connectivity index (χ0v) is 18.8. The molecule has 0 N–H and O–H groups in total. The molecule has 3 heterocycles. The van der Waals surface area contributed by atoms with Gasteiger partial charge in [-0.3, -0.25) is 0 Å². The number of hydrogen-bond donors (Lipinski definition) is 0. The number of urea groups is 1. The number of anilines is 1. The molecule has 0 aromatic carbocycles. The van der Waals surface area contributed by atoms with Gasteiger partial charge in [0.15, 0.2) is 0 Å². The first-order valence-electron chi connectivity index (χ1n) is 10.2. The van der Waals surface area contributed by atoms with E-state index in [0.717, 1.165) is 53.0 Å². The molecule has 29 heavy (non-hydrogen) atoms. The Labute approximate surface area is 172 Å². The van der Waals surface area contributed by atoms with Crippen LogP contribution in [0.25, 0.3) is 11.3 Å². The molecule has 1 fully saturated rings. The van der Waals surface area contributed by atoms with Crippen molar-refractivity contribution in [3.8, 4) is 11.3 Å². The monoisotopic (exact) mass is 400 g/mol. The van der Waals surface area contributed by atoms with Crippen molar-refractivity contribution < 1.29 is 9.32 Å². The largest absolute Gasteiger partial charge is 0.361 e. The van der Waals surface area contributed by atoms with Crippen molar-refractivity contribution in [2.45, 2.75) is 53.5 Å². The SMILES string of the molecule is Cc1noc(C)c1-c1nc(C(C)C)nc(N2CCN(C(=O)N(C)C)[C@@H](C)C2)c1C. The van der Waals surface area contributed by atoms with Crippen LogP contribution >= 0.6 is 0 Å². The van der Waals surface area contributed by atoms with Gasteiger partial charge in [0.1, 0.15) is 17.4 Å². The average molecular weight is 401 g/mol. The van der Waals surface area contributed by atoms with E-state index >= 15 is 0 Å². The number of rotatable bonds is 3. The molecule has 1 saturated heterocycles. The molecule has 8 heteroatoms. The van der Waals surface area contributed by atoms with Gasteiger partial charge in [0.25, 0.3) is 0 Å². The Kier molecular flexibility index (Phi) is 5.82. The van der Waals surface area contributed by atoms with Crippen molar-refractivity contribution in [3.05, 3.63) is 22.8 Å². The molecule has 3 rings (SSSR count). The van der Waals surface area contributed by atoms with Crippen molar-refractivity contribution in [1.82, 2.24) is 24.9 Å². The standard InChI is InChI=1S/C21H32N6O2/c1-12(2)19-22-18(17-15(5)24-29-16(17)6)14(4)20(23-19)26-9-10-27(13(3)11-26)21(28)25(7)8/h12-13H,9-11H2,1-8H3/t13-/m0/s1. The predicted molar refractivity (Wildman–Crippen MR) is 113 cm³/mol. The predicted octanol–water partition coefficient (Wildman–Crippen LogP) is 3.37. The molecule has 8 nitrogen and oxygen atoms in total. The lowest BCUT2D eigenvalue weighted by Crippen LogP contribution is -2.56. The van der Waals surface area contributed by atoms with Crippen LogP contribution in [-0.2, 0) is 0 Å². The maximum atomic E-state index is 12.4. The summed E-state index contributed by atoms with van der Waals surface area (Å²) in [6, 6.07) is 0.147. The van der Waals surface area contributed by atoms with Gasteiger partial charge in [0, 0.05) is 51.3 Å². The molecular weight excluding hydrogens is 368 g/mol. The Balaban J connectivity index is 2.01. The zero-order valence-electron chi connectivity index (χ0n) is 18.8. The first-order valence-corrected chi connectivity index (χ1v) is 10.2. The van der Waals surface area contributed by atoms with Crippen LogP contribution in [0, 0.1) is 20.8 Å². The second-order valence-corrected chi connectivity index (χ2v) is 8.40. The van der Waals surface area contributed by atoms with Gasteiger partial charge in [-0.2, -0.15) is 0 Å². The van der Waals surface area contributed by atoms with E-state index in [1.165, 1.54) is 0 Å². The van der Waals surface area contributed by atoms with Crippen LogP contribution in [0.5, 0.6) is 0 Å². The normalized spacial score (nSPS) is 17.2. The summed E-state index contributed by atoms with van der Waals surface area (Å²) in [5.41, 5.74) is 3.68. The van der Waals surface area contributed by atoms with E-state index in [0.29, 0.717) is 6.54 Å². The Hall–Kier alpha value is -2.64. The summed E-state index contributed by atoms with van der Waals surface area (Å²) < 4.78 is 5.40. The van der Waals surface area contributed by atoms with E-state index in [1.807, 2.05) is 18.7 Å². The molecule has 1 aliphatic rings. The molecule has 2 aromatic heterocycles. The van der Waals surface area contributed by atoms with Crippen molar-refractivity contribution in [3.63, 3.8) is 0 Å². The molecule has 0 radical (unpaired) electrons. The molecule has 2 amide bonds. The van der Waals surface area contributed by atoms with Gasteiger partial charge in [-0.25, -0.2) is 14.8 Å². The summed E-state index contributed by atoms with van der Waals surface area (Å²) in [5, 5.41) is 4.11. The number of aryl methyl sites for hydroxylation is 2. The van der Waals surface area contributed by atoms with Crippen LogP contribution < -0.4 is 4.90 Å². The highest BCUT2D eigenvalue weighted by Crippen LogP contribution is 2.34. The van der Waals surface area contributed by atoms with Crippen LogP contribution in [0.1, 0.15) is 49.5 Å². The second kappa shape index (κ2) is 8.00. The quantitative estimate of drug-likeness (QED) is 0.786. The highest BCUT2D eigenvalue weighted by molar-refractivity contribution is 5.75. The fourth-order valence-corrected chi connectivity index (χ4v) is 3.84.